The second-order valence-corrected chi connectivity index (χ2v) is 9.24. The lowest BCUT2D eigenvalue weighted by Gasteiger charge is -2.18. The minimum Gasteiger partial charge on any atom is -0.493 e. The monoisotopic (exact) mass is 456 g/mol. The molecule has 0 aliphatic carbocycles. The highest BCUT2D eigenvalue weighted by Crippen LogP contribution is 2.38. The number of aryl methyl sites for hydroxylation is 1. The highest BCUT2D eigenvalue weighted by molar-refractivity contribution is 6.15. The van der Waals surface area contributed by atoms with Crippen molar-refractivity contribution in [2.75, 3.05) is 6.61 Å². The topological polar surface area (TPSA) is 61.8 Å². The van der Waals surface area contributed by atoms with Crippen molar-refractivity contribution >= 4 is 17.8 Å². The molecule has 0 radical (unpaired) electrons. The molecule has 0 spiro atoms. The van der Waals surface area contributed by atoms with Gasteiger partial charge in [-0.25, -0.2) is 4.79 Å². The van der Waals surface area contributed by atoms with Gasteiger partial charge < -0.3 is 14.2 Å². The summed E-state index contributed by atoms with van der Waals surface area (Å²) in [6.45, 7) is 10.6. The molecule has 1 aliphatic rings. The molecule has 0 amide bonds. The van der Waals surface area contributed by atoms with Crippen LogP contribution in [0.5, 0.6) is 17.2 Å². The number of ketones is 1. The normalized spacial score (nSPS) is 14.0. The summed E-state index contributed by atoms with van der Waals surface area (Å²) in [7, 11) is 0. The second kappa shape index (κ2) is 9.18. The summed E-state index contributed by atoms with van der Waals surface area (Å²) in [4.78, 5) is 25.7. The summed E-state index contributed by atoms with van der Waals surface area (Å²) in [6.07, 6.45) is 1.68. The van der Waals surface area contributed by atoms with E-state index in [9.17, 15) is 9.59 Å². The Labute approximate surface area is 200 Å². The molecule has 1 heterocycles. The van der Waals surface area contributed by atoms with Crippen LogP contribution in [0.25, 0.3) is 6.08 Å². The van der Waals surface area contributed by atoms with Crippen LogP contribution >= 0.6 is 0 Å². The average Bonchev–Trinajstić information content (AvgIpc) is 3.10. The Balaban J connectivity index is 1.57. The molecule has 0 saturated heterocycles. The van der Waals surface area contributed by atoms with Crippen molar-refractivity contribution in [1.29, 1.82) is 0 Å². The van der Waals surface area contributed by atoms with E-state index in [1.807, 2.05) is 43.3 Å². The molecule has 0 unspecified atom stereocenters. The first-order chi connectivity index (χ1) is 16.2. The van der Waals surface area contributed by atoms with Gasteiger partial charge in [-0.1, -0.05) is 51.1 Å². The van der Waals surface area contributed by atoms with Crippen molar-refractivity contribution in [2.45, 2.75) is 40.0 Å². The van der Waals surface area contributed by atoms with E-state index in [0.717, 1.165) is 11.1 Å². The van der Waals surface area contributed by atoms with E-state index in [0.29, 0.717) is 40.5 Å². The summed E-state index contributed by atoms with van der Waals surface area (Å²) in [5.41, 5.74) is 3.48. The fourth-order valence-corrected chi connectivity index (χ4v) is 3.84. The number of carbonyl (C=O) groups is 2. The minimum absolute atomic E-state index is 0.00217. The molecule has 0 N–H and O–H groups in total. The number of carbonyl (C=O) groups excluding carboxylic acids is 2. The quantitative estimate of drug-likeness (QED) is 0.248. The van der Waals surface area contributed by atoms with Gasteiger partial charge in [-0.2, -0.15) is 0 Å². The average molecular weight is 457 g/mol. The number of Topliss-reactive ketones (excluding diaryl/α,β-unsaturated/α-hetero) is 1. The van der Waals surface area contributed by atoms with Crippen LogP contribution in [0.4, 0.5) is 0 Å². The smallest absolute Gasteiger partial charge is 0.343 e. The van der Waals surface area contributed by atoms with E-state index in [-0.39, 0.29) is 17.0 Å². The summed E-state index contributed by atoms with van der Waals surface area (Å²) < 4.78 is 17.1. The van der Waals surface area contributed by atoms with Gasteiger partial charge in [0.25, 0.3) is 0 Å². The number of hydrogen-bond acceptors (Lipinski definition) is 5. The lowest BCUT2D eigenvalue weighted by Crippen LogP contribution is -2.13. The molecule has 0 bridgehead atoms. The number of benzene rings is 3. The van der Waals surface area contributed by atoms with E-state index in [1.165, 1.54) is 0 Å². The van der Waals surface area contributed by atoms with Crippen LogP contribution in [0.1, 0.15) is 65.1 Å². The Morgan fingerprint density at radius 1 is 1.03 bits per heavy atom. The Morgan fingerprint density at radius 3 is 2.41 bits per heavy atom. The van der Waals surface area contributed by atoms with Crippen LogP contribution in [0.3, 0.4) is 0 Å². The second-order valence-electron chi connectivity index (χ2n) is 9.24. The van der Waals surface area contributed by atoms with E-state index < -0.39 is 5.97 Å². The Morgan fingerprint density at radius 2 is 1.74 bits per heavy atom. The lowest BCUT2D eigenvalue weighted by molar-refractivity contribution is 0.0734. The first kappa shape index (κ1) is 23.3. The highest BCUT2D eigenvalue weighted by Gasteiger charge is 2.30. The van der Waals surface area contributed by atoms with Crippen molar-refractivity contribution in [1.82, 2.24) is 0 Å². The summed E-state index contributed by atoms with van der Waals surface area (Å²) in [5, 5.41) is 0. The zero-order valence-corrected chi connectivity index (χ0v) is 20.1. The van der Waals surface area contributed by atoms with E-state index in [1.54, 1.807) is 37.3 Å². The van der Waals surface area contributed by atoms with Gasteiger partial charge in [-0.3, -0.25) is 4.79 Å². The molecule has 3 aromatic carbocycles. The number of para-hydroxylation sites is 1. The van der Waals surface area contributed by atoms with E-state index >= 15 is 0 Å². The van der Waals surface area contributed by atoms with Crippen molar-refractivity contribution in [2.24, 2.45) is 0 Å². The first-order valence-electron chi connectivity index (χ1n) is 11.3. The molecule has 4 rings (SSSR count). The van der Waals surface area contributed by atoms with Crippen LogP contribution < -0.4 is 14.2 Å². The van der Waals surface area contributed by atoms with Crippen LogP contribution in [0, 0.1) is 6.92 Å². The Kier molecular flexibility index (Phi) is 6.29. The fourth-order valence-electron chi connectivity index (χ4n) is 3.84. The van der Waals surface area contributed by atoms with Crippen LogP contribution in [0.15, 0.2) is 66.4 Å². The number of hydrogen-bond donors (Lipinski definition) is 0. The molecule has 0 saturated carbocycles. The number of rotatable bonds is 5. The van der Waals surface area contributed by atoms with Gasteiger partial charge in [-0.05, 0) is 60.7 Å². The zero-order valence-electron chi connectivity index (χ0n) is 20.1. The molecule has 1 aliphatic heterocycles. The Bertz CT molecular complexity index is 1280. The largest absolute Gasteiger partial charge is 0.493 e. The third-order valence-corrected chi connectivity index (χ3v) is 5.65. The van der Waals surface area contributed by atoms with Crippen molar-refractivity contribution < 1.29 is 23.8 Å². The van der Waals surface area contributed by atoms with E-state index in [2.05, 4.69) is 20.8 Å². The SMILES string of the molecule is CCOc1ccccc1/C=C1\Oc2cc(OC(=O)c3ccc(C(C)(C)C)cc3)cc(C)c2C1=O. The summed E-state index contributed by atoms with van der Waals surface area (Å²) >= 11 is 0. The minimum atomic E-state index is -0.467. The predicted octanol–water partition coefficient (Wildman–Crippen LogP) is 6.53. The van der Waals surface area contributed by atoms with Crippen LogP contribution in [-0.4, -0.2) is 18.4 Å². The highest BCUT2D eigenvalue weighted by atomic mass is 16.5. The van der Waals surface area contributed by atoms with Gasteiger partial charge in [-0.15, -0.1) is 0 Å². The lowest BCUT2D eigenvalue weighted by atomic mass is 9.87. The van der Waals surface area contributed by atoms with Gasteiger partial charge in [0.1, 0.15) is 17.2 Å². The molecule has 0 fully saturated rings. The van der Waals surface area contributed by atoms with Crippen molar-refractivity contribution in [3.63, 3.8) is 0 Å². The maximum atomic E-state index is 13.0. The summed E-state index contributed by atoms with van der Waals surface area (Å²) in [6, 6.07) is 18.1. The number of esters is 1. The van der Waals surface area contributed by atoms with Crippen LogP contribution in [-0.2, 0) is 5.41 Å². The summed E-state index contributed by atoms with van der Waals surface area (Å²) in [5.74, 6) is 0.890. The van der Waals surface area contributed by atoms with Crippen molar-refractivity contribution in [3.05, 3.63) is 94.2 Å². The van der Waals surface area contributed by atoms with Gasteiger partial charge >= 0.3 is 5.97 Å². The molecule has 5 heteroatoms. The van der Waals surface area contributed by atoms with Gasteiger partial charge in [0, 0.05) is 11.6 Å². The van der Waals surface area contributed by atoms with Gasteiger partial charge in [0.05, 0.1) is 17.7 Å². The standard InChI is InChI=1S/C29H28O5/c1-6-32-23-10-8-7-9-20(23)16-25-27(30)26-18(2)15-22(17-24(26)34-25)33-28(31)19-11-13-21(14-12-19)29(3,4)5/h7-17H,6H2,1-5H3/b25-16-. The van der Waals surface area contributed by atoms with Gasteiger partial charge in [0.15, 0.2) is 5.76 Å². The van der Waals surface area contributed by atoms with E-state index in [4.69, 9.17) is 14.2 Å². The third-order valence-electron chi connectivity index (χ3n) is 5.65. The maximum absolute atomic E-state index is 13.0. The molecular formula is C29H28O5. The number of fused-ring (bicyclic) bond motifs is 1. The first-order valence-corrected chi connectivity index (χ1v) is 11.3. The van der Waals surface area contributed by atoms with Crippen LogP contribution in [0.2, 0.25) is 0 Å². The molecule has 0 aromatic heterocycles. The number of allylic oxidation sites excluding steroid dienone is 1. The maximum Gasteiger partial charge on any atom is 0.343 e. The molecule has 3 aromatic rings. The Hall–Kier alpha value is -3.86. The third kappa shape index (κ3) is 4.74. The number of ether oxygens (including phenoxy) is 3. The fraction of sp³-hybridized carbons (Fsp3) is 0.241. The van der Waals surface area contributed by atoms with Crippen molar-refractivity contribution in [3.8, 4) is 17.2 Å². The molecule has 174 valence electrons. The molecule has 0 atom stereocenters. The zero-order chi connectivity index (χ0) is 24.5. The molecular weight excluding hydrogens is 428 g/mol. The van der Waals surface area contributed by atoms with Gasteiger partial charge in [0.2, 0.25) is 5.78 Å². The molecule has 5 nitrogen and oxygen atoms in total. The predicted molar refractivity (Wildman–Crippen MR) is 132 cm³/mol. The molecule has 34 heavy (non-hydrogen) atoms.